The van der Waals surface area contributed by atoms with Crippen molar-refractivity contribution >= 4 is 5.69 Å². The second-order valence-corrected chi connectivity index (χ2v) is 5.97. The molecule has 1 aliphatic heterocycles. The van der Waals surface area contributed by atoms with Crippen LogP contribution in [0.15, 0.2) is 30.3 Å². The van der Waals surface area contributed by atoms with Crippen LogP contribution in [0.25, 0.3) is 0 Å². The maximum atomic E-state index is 12.9. The third-order valence-corrected chi connectivity index (χ3v) is 4.46. The highest BCUT2D eigenvalue weighted by atomic mass is 19.3. The summed E-state index contributed by atoms with van der Waals surface area (Å²) in [5.74, 6) is -2.71. The van der Waals surface area contributed by atoms with Crippen molar-refractivity contribution in [2.75, 3.05) is 37.6 Å². The summed E-state index contributed by atoms with van der Waals surface area (Å²) in [7, 11) is 0. The Hall–Kier alpha value is -1.16. The zero-order valence-corrected chi connectivity index (χ0v) is 11.8. The highest BCUT2D eigenvalue weighted by Crippen LogP contribution is 2.50. The zero-order chi connectivity index (χ0) is 14.0. The maximum Gasteiger partial charge on any atom is 0.251 e. The average Bonchev–Trinajstić information content (AvgIpc) is 3.13. The fourth-order valence-corrected chi connectivity index (χ4v) is 3.01. The SMILES string of the molecule is FC1(F)CC1CCN1CCCN(c2ccccc2)CC1. The van der Waals surface area contributed by atoms with Crippen LogP contribution in [-0.4, -0.2) is 43.5 Å². The van der Waals surface area contributed by atoms with Gasteiger partial charge in [-0.1, -0.05) is 18.2 Å². The summed E-state index contributed by atoms with van der Waals surface area (Å²) in [5.41, 5.74) is 1.27. The monoisotopic (exact) mass is 280 g/mol. The molecule has 1 heterocycles. The van der Waals surface area contributed by atoms with Gasteiger partial charge in [-0.25, -0.2) is 8.78 Å². The predicted octanol–water partition coefficient (Wildman–Crippen LogP) is 3.24. The molecular weight excluding hydrogens is 258 g/mol. The van der Waals surface area contributed by atoms with Crippen molar-refractivity contribution in [3.05, 3.63) is 30.3 Å². The molecule has 0 amide bonds. The number of benzene rings is 1. The lowest BCUT2D eigenvalue weighted by Gasteiger charge is -2.23. The normalized spacial score (nSPS) is 26.3. The molecule has 0 radical (unpaired) electrons. The van der Waals surface area contributed by atoms with E-state index in [9.17, 15) is 8.78 Å². The van der Waals surface area contributed by atoms with Gasteiger partial charge in [0.05, 0.1) is 0 Å². The quantitative estimate of drug-likeness (QED) is 0.835. The highest BCUT2D eigenvalue weighted by molar-refractivity contribution is 5.46. The first-order valence-corrected chi connectivity index (χ1v) is 7.55. The Kier molecular flexibility index (Phi) is 3.92. The molecule has 1 unspecified atom stereocenters. The average molecular weight is 280 g/mol. The number of alkyl halides is 2. The molecule has 1 aromatic rings. The van der Waals surface area contributed by atoms with Gasteiger partial charge >= 0.3 is 0 Å². The minimum Gasteiger partial charge on any atom is -0.370 e. The van der Waals surface area contributed by atoms with E-state index in [4.69, 9.17) is 0 Å². The van der Waals surface area contributed by atoms with Gasteiger partial charge < -0.3 is 9.80 Å². The first-order valence-electron chi connectivity index (χ1n) is 7.55. The molecule has 1 saturated carbocycles. The highest BCUT2D eigenvalue weighted by Gasteiger charge is 2.56. The van der Waals surface area contributed by atoms with Crippen LogP contribution < -0.4 is 4.90 Å². The van der Waals surface area contributed by atoms with E-state index in [0.717, 1.165) is 39.1 Å². The number of nitrogens with zero attached hydrogens (tertiary/aromatic N) is 2. The Bertz CT molecular complexity index is 435. The van der Waals surface area contributed by atoms with Gasteiger partial charge in [0.25, 0.3) is 5.92 Å². The number of rotatable bonds is 4. The molecule has 1 aromatic carbocycles. The third-order valence-electron chi connectivity index (χ3n) is 4.46. The first kappa shape index (κ1) is 13.8. The van der Waals surface area contributed by atoms with Crippen LogP contribution in [0.2, 0.25) is 0 Å². The van der Waals surface area contributed by atoms with Gasteiger partial charge in [-0.3, -0.25) is 0 Å². The van der Waals surface area contributed by atoms with Crippen molar-refractivity contribution in [1.82, 2.24) is 4.90 Å². The molecule has 2 nitrogen and oxygen atoms in total. The van der Waals surface area contributed by atoms with Crippen molar-refractivity contribution < 1.29 is 8.78 Å². The van der Waals surface area contributed by atoms with Crippen LogP contribution in [0.5, 0.6) is 0 Å². The largest absolute Gasteiger partial charge is 0.370 e. The standard InChI is InChI=1S/C16H22F2N2/c17-16(18)13-14(16)7-10-19-8-4-9-20(12-11-19)15-5-2-1-3-6-15/h1-3,5-6,14H,4,7-13H2. The second-order valence-electron chi connectivity index (χ2n) is 5.97. The predicted molar refractivity (Wildman–Crippen MR) is 77.4 cm³/mol. The molecular formula is C16H22F2N2. The molecule has 0 N–H and O–H groups in total. The van der Waals surface area contributed by atoms with Gasteiger partial charge in [-0.05, 0) is 38.1 Å². The van der Waals surface area contributed by atoms with E-state index in [2.05, 4.69) is 34.1 Å². The number of hydrogen-bond acceptors (Lipinski definition) is 2. The Morgan fingerprint density at radius 1 is 1.05 bits per heavy atom. The smallest absolute Gasteiger partial charge is 0.251 e. The summed E-state index contributed by atoms with van der Waals surface area (Å²) >= 11 is 0. The number of hydrogen-bond donors (Lipinski definition) is 0. The van der Waals surface area contributed by atoms with Crippen LogP contribution >= 0.6 is 0 Å². The van der Waals surface area contributed by atoms with E-state index in [1.165, 1.54) is 5.69 Å². The van der Waals surface area contributed by atoms with E-state index in [-0.39, 0.29) is 12.3 Å². The van der Waals surface area contributed by atoms with Gasteiger partial charge in [-0.15, -0.1) is 0 Å². The third kappa shape index (κ3) is 3.29. The van der Waals surface area contributed by atoms with Crippen LogP contribution in [-0.2, 0) is 0 Å². The van der Waals surface area contributed by atoms with Gasteiger partial charge in [0.2, 0.25) is 0 Å². The first-order chi connectivity index (χ1) is 9.65. The van der Waals surface area contributed by atoms with Crippen molar-refractivity contribution in [2.45, 2.75) is 25.2 Å². The number of anilines is 1. The van der Waals surface area contributed by atoms with Crippen molar-refractivity contribution in [1.29, 1.82) is 0 Å². The number of para-hydroxylation sites is 1. The molecule has 2 fully saturated rings. The van der Waals surface area contributed by atoms with E-state index in [0.29, 0.717) is 6.42 Å². The molecule has 2 aliphatic rings. The topological polar surface area (TPSA) is 6.48 Å². The summed E-state index contributed by atoms with van der Waals surface area (Å²) in [6.07, 6.45) is 1.87. The van der Waals surface area contributed by atoms with E-state index in [1.54, 1.807) is 0 Å². The summed E-state index contributed by atoms with van der Waals surface area (Å²) in [5, 5.41) is 0. The fraction of sp³-hybridized carbons (Fsp3) is 0.625. The van der Waals surface area contributed by atoms with Crippen molar-refractivity contribution in [3.8, 4) is 0 Å². The molecule has 4 heteroatoms. The van der Waals surface area contributed by atoms with Gasteiger partial charge in [0.15, 0.2) is 0 Å². The molecule has 0 spiro atoms. The van der Waals surface area contributed by atoms with Crippen LogP contribution in [0, 0.1) is 5.92 Å². The van der Waals surface area contributed by atoms with Crippen LogP contribution in [0.4, 0.5) is 14.5 Å². The fourth-order valence-electron chi connectivity index (χ4n) is 3.01. The molecule has 20 heavy (non-hydrogen) atoms. The van der Waals surface area contributed by atoms with Gasteiger partial charge in [0, 0.05) is 37.7 Å². The van der Waals surface area contributed by atoms with Gasteiger partial charge in [-0.2, -0.15) is 0 Å². The Morgan fingerprint density at radius 2 is 1.80 bits per heavy atom. The Morgan fingerprint density at radius 3 is 2.50 bits per heavy atom. The lowest BCUT2D eigenvalue weighted by atomic mass is 10.2. The lowest BCUT2D eigenvalue weighted by molar-refractivity contribution is 0.0939. The van der Waals surface area contributed by atoms with Gasteiger partial charge in [0.1, 0.15) is 0 Å². The Balaban J connectivity index is 1.47. The molecule has 0 aromatic heterocycles. The summed E-state index contributed by atoms with van der Waals surface area (Å²) < 4.78 is 25.8. The van der Waals surface area contributed by atoms with Crippen LogP contribution in [0.3, 0.4) is 0 Å². The molecule has 110 valence electrons. The molecule has 0 bridgehead atoms. The molecule has 1 saturated heterocycles. The van der Waals surface area contributed by atoms with Crippen molar-refractivity contribution in [3.63, 3.8) is 0 Å². The molecule has 1 atom stereocenters. The Labute approximate surface area is 119 Å². The van der Waals surface area contributed by atoms with Crippen molar-refractivity contribution in [2.24, 2.45) is 5.92 Å². The van der Waals surface area contributed by atoms with E-state index < -0.39 is 5.92 Å². The number of halogens is 2. The summed E-state index contributed by atoms with van der Waals surface area (Å²) in [4.78, 5) is 4.74. The minimum atomic E-state index is -2.36. The minimum absolute atomic E-state index is 0.108. The van der Waals surface area contributed by atoms with E-state index in [1.807, 2.05) is 6.07 Å². The van der Waals surface area contributed by atoms with Crippen LogP contribution in [0.1, 0.15) is 19.3 Å². The summed E-state index contributed by atoms with van der Waals surface area (Å²) in [6.45, 7) is 4.88. The summed E-state index contributed by atoms with van der Waals surface area (Å²) in [6, 6.07) is 10.4. The van der Waals surface area contributed by atoms with E-state index >= 15 is 0 Å². The molecule has 3 rings (SSSR count). The second kappa shape index (κ2) is 5.68. The maximum absolute atomic E-state index is 12.9. The molecule has 1 aliphatic carbocycles. The zero-order valence-electron chi connectivity index (χ0n) is 11.8. The lowest BCUT2D eigenvalue weighted by Crippen LogP contribution is -2.31.